The number of halogens is 4. The molecular formula is C21H23F4N3O. The van der Waals surface area contributed by atoms with Gasteiger partial charge in [0, 0.05) is 38.4 Å². The third kappa shape index (κ3) is 6.19. The topological polar surface area (TPSA) is 35.6 Å². The zero-order valence-electron chi connectivity index (χ0n) is 15.9. The Morgan fingerprint density at radius 1 is 1.00 bits per heavy atom. The van der Waals surface area contributed by atoms with E-state index in [4.69, 9.17) is 0 Å². The molecule has 0 saturated carbocycles. The lowest BCUT2D eigenvalue weighted by Crippen LogP contribution is -2.38. The maximum Gasteiger partial charge on any atom is 0.416 e. The number of alkyl halides is 3. The standard InChI is InChI=1S/C21H23F4N3O/c22-18-7-5-16(6-8-18)15-27-9-2-10-28(12-11-27)20(29)14-26-19-4-1-3-17(13-19)21(23,24)25/h1,3-8,13,26H,2,9-12,14-15H2. The van der Waals surface area contributed by atoms with Gasteiger partial charge in [-0.25, -0.2) is 4.39 Å². The van der Waals surface area contributed by atoms with Crippen molar-refractivity contribution in [3.8, 4) is 0 Å². The van der Waals surface area contributed by atoms with E-state index >= 15 is 0 Å². The van der Waals surface area contributed by atoms with Crippen molar-refractivity contribution in [3.63, 3.8) is 0 Å². The van der Waals surface area contributed by atoms with E-state index in [1.807, 2.05) is 0 Å². The molecule has 1 saturated heterocycles. The molecule has 29 heavy (non-hydrogen) atoms. The molecule has 1 fully saturated rings. The first-order valence-corrected chi connectivity index (χ1v) is 9.47. The Morgan fingerprint density at radius 2 is 1.76 bits per heavy atom. The lowest BCUT2D eigenvalue weighted by Gasteiger charge is -2.22. The second-order valence-electron chi connectivity index (χ2n) is 7.07. The van der Waals surface area contributed by atoms with Gasteiger partial charge in [0.2, 0.25) is 5.91 Å². The zero-order chi connectivity index (χ0) is 20.9. The molecule has 0 bridgehead atoms. The Hall–Kier alpha value is -2.61. The average molecular weight is 409 g/mol. The summed E-state index contributed by atoms with van der Waals surface area (Å²) in [6, 6.07) is 11.2. The Morgan fingerprint density at radius 3 is 2.48 bits per heavy atom. The van der Waals surface area contributed by atoms with Gasteiger partial charge in [0.15, 0.2) is 0 Å². The van der Waals surface area contributed by atoms with Gasteiger partial charge in [-0.15, -0.1) is 0 Å². The van der Waals surface area contributed by atoms with Crippen LogP contribution in [0.4, 0.5) is 23.2 Å². The Bertz CT molecular complexity index is 823. The highest BCUT2D eigenvalue weighted by Crippen LogP contribution is 2.30. The highest BCUT2D eigenvalue weighted by atomic mass is 19.4. The fourth-order valence-corrected chi connectivity index (χ4v) is 3.32. The first kappa shape index (κ1) is 21.1. The molecule has 2 aromatic carbocycles. The van der Waals surface area contributed by atoms with Crippen LogP contribution in [0.5, 0.6) is 0 Å². The van der Waals surface area contributed by atoms with Gasteiger partial charge in [0.25, 0.3) is 0 Å². The first-order valence-electron chi connectivity index (χ1n) is 9.47. The number of anilines is 1. The minimum Gasteiger partial charge on any atom is -0.376 e. The predicted octanol–water partition coefficient (Wildman–Crippen LogP) is 3.99. The number of rotatable bonds is 5. The van der Waals surface area contributed by atoms with Crippen LogP contribution in [0.15, 0.2) is 48.5 Å². The number of carbonyl (C=O) groups excluding carboxylic acids is 1. The predicted molar refractivity (Wildman–Crippen MR) is 103 cm³/mol. The molecule has 156 valence electrons. The summed E-state index contributed by atoms with van der Waals surface area (Å²) in [4.78, 5) is 16.4. The monoisotopic (exact) mass is 409 g/mol. The molecule has 0 atom stereocenters. The van der Waals surface area contributed by atoms with Crippen LogP contribution in [0, 0.1) is 5.82 Å². The number of amides is 1. The van der Waals surface area contributed by atoms with Gasteiger partial charge >= 0.3 is 6.18 Å². The number of benzene rings is 2. The van der Waals surface area contributed by atoms with Crippen LogP contribution in [0.3, 0.4) is 0 Å². The molecule has 0 radical (unpaired) electrons. The molecule has 2 aromatic rings. The molecule has 3 rings (SSSR count). The Labute approximate surface area is 167 Å². The molecular weight excluding hydrogens is 386 g/mol. The molecule has 0 spiro atoms. The molecule has 1 N–H and O–H groups in total. The summed E-state index contributed by atoms with van der Waals surface area (Å²) >= 11 is 0. The minimum absolute atomic E-state index is 0.0563. The second kappa shape index (κ2) is 9.26. The summed E-state index contributed by atoms with van der Waals surface area (Å²) in [5, 5.41) is 2.79. The largest absolute Gasteiger partial charge is 0.416 e. The molecule has 0 aliphatic carbocycles. The summed E-state index contributed by atoms with van der Waals surface area (Å²) in [7, 11) is 0. The highest BCUT2D eigenvalue weighted by Gasteiger charge is 2.30. The number of nitrogens with one attached hydrogen (secondary N) is 1. The maximum absolute atomic E-state index is 13.0. The summed E-state index contributed by atoms with van der Waals surface area (Å²) < 4.78 is 51.4. The van der Waals surface area contributed by atoms with Crippen molar-refractivity contribution >= 4 is 11.6 Å². The van der Waals surface area contributed by atoms with E-state index in [1.165, 1.54) is 24.3 Å². The maximum atomic E-state index is 13.0. The normalized spacial score (nSPS) is 15.8. The van der Waals surface area contributed by atoms with Gasteiger partial charge in [0.05, 0.1) is 12.1 Å². The average Bonchev–Trinajstić information content (AvgIpc) is 2.93. The minimum atomic E-state index is -4.42. The molecule has 1 aliphatic heterocycles. The van der Waals surface area contributed by atoms with Crippen LogP contribution in [0.1, 0.15) is 17.5 Å². The number of carbonyl (C=O) groups is 1. The van der Waals surface area contributed by atoms with Gasteiger partial charge in [-0.1, -0.05) is 18.2 Å². The van der Waals surface area contributed by atoms with Gasteiger partial charge in [0.1, 0.15) is 5.82 Å². The van der Waals surface area contributed by atoms with Crippen LogP contribution >= 0.6 is 0 Å². The van der Waals surface area contributed by atoms with Crippen LogP contribution in [0.25, 0.3) is 0 Å². The van der Waals surface area contributed by atoms with Crippen LogP contribution in [-0.2, 0) is 17.5 Å². The van der Waals surface area contributed by atoms with Crippen LogP contribution in [-0.4, -0.2) is 48.4 Å². The van der Waals surface area contributed by atoms with Gasteiger partial charge in [-0.05, 0) is 42.3 Å². The number of hydrogen-bond donors (Lipinski definition) is 1. The molecule has 8 heteroatoms. The van der Waals surface area contributed by atoms with Crippen molar-refractivity contribution in [2.75, 3.05) is 38.0 Å². The van der Waals surface area contributed by atoms with Crippen molar-refractivity contribution in [1.82, 2.24) is 9.80 Å². The first-order chi connectivity index (χ1) is 13.8. The van der Waals surface area contributed by atoms with Crippen molar-refractivity contribution in [2.45, 2.75) is 19.1 Å². The Kier molecular flexibility index (Phi) is 6.74. The van der Waals surface area contributed by atoms with Crippen molar-refractivity contribution in [3.05, 3.63) is 65.5 Å². The second-order valence-corrected chi connectivity index (χ2v) is 7.07. The fourth-order valence-electron chi connectivity index (χ4n) is 3.32. The van der Waals surface area contributed by atoms with E-state index in [0.717, 1.165) is 30.7 Å². The molecule has 1 amide bonds. The Balaban J connectivity index is 1.50. The van der Waals surface area contributed by atoms with Gasteiger partial charge in [-0.3, -0.25) is 9.69 Å². The van der Waals surface area contributed by atoms with Crippen LogP contribution in [0.2, 0.25) is 0 Å². The van der Waals surface area contributed by atoms with E-state index in [1.54, 1.807) is 17.0 Å². The number of nitrogens with zero attached hydrogens (tertiary/aromatic N) is 2. The van der Waals surface area contributed by atoms with E-state index in [0.29, 0.717) is 26.2 Å². The molecule has 4 nitrogen and oxygen atoms in total. The zero-order valence-corrected chi connectivity index (χ0v) is 15.9. The van der Waals surface area contributed by atoms with Crippen molar-refractivity contribution < 1.29 is 22.4 Å². The molecule has 0 unspecified atom stereocenters. The van der Waals surface area contributed by atoms with E-state index in [9.17, 15) is 22.4 Å². The SMILES string of the molecule is O=C(CNc1cccc(C(F)(F)F)c1)N1CCCN(Cc2ccc(F)cc2)CC1. The lowest BCUT2D eigenvalue weighted by atomic mass is 10.2. The molecule has 1 heterocycles. The quantitative estimate of drug-likeness (QED) is 0.759. The fraction of sp³-hybridized carbons (Fsp3) is 0.381. The molecule has 0 aromatic heterocycles. The van der Waals surface area contributed by atoms with Crippen molar-refractivity contribution in [1.29, 1.82) is 0 Å². The molecule has 1 aliphatic rings. The van der Waals surface area contributed by atoms with Gasteiger partial charge in [-0.2, -0.15) is 13.2 Å². The summed E-state index contributed by atoms with van der Waals surface area (Å²) in [6.45, 7) is 3.28. The van der Waals surface area contributed by atoms with E-state index in [2.05, 4.69) is 10.2 Å². The van der Waals surface area contributed by atoms with E-state index in [-0.39, 0.29) is 24.0 Å². The third-order valence-electron chi connectivity index (χ3n) is 4.89. The van der Waals surface area contributed by atoms with Crippen molar-refractivity contribution in [2.24, 2.45) is 0 Å². The third-order valence-corrected chi connectivity index (χ3v) is 4.89. The van der Waals surface area contributed by atoms with Crippen LogP contribution < -0.4 is 5.32 Å². The highest BCUT2D eigenvalue weighted by molar-refractivity contribution is 5.81. The summed E-state index contributed by atoms with van der Waals surface area (Å²) in [6.07, 6.45) is -3.61. The van der Waals surface area contributed by atoms with Gasteiger partial charge < -0.3 is 10.2 Å². The van der Waals surface area contributed by atoms with E-state index < -0.39 is 11.7 Å². The summed E-state index contributed by atoms with van der Waals surface area (Å²) in [5.41, 5.74) is 0.527. The summed E-state index contributed by atoms with van der Waals surface area (Å²) in [5.74, 6) is -0.416. The lowest BCUT2D eigenvalue weighted by molar-refractivity contribution is -0.137. The number of hydrogen-bond acceptors (Lipinski definition) is 3. The smallest absolute Gasteiger partial charge is 0.376 e.